The van der Waals surface area contributed by atoms with Crippen molar-refractivity contribution in [1.29, 1.82) is 0 Å². The number of amides is 1. The zero-order chi connectivity index (χ0) is 14.8. The van der Waals surface area contributed by atoms with E-state index in [1.54, 1.807) is 12.1 Å². The van der Waals surface area contributed by atoms with Gasteiger partial charge in [0.2, 0.25) is 5.91 Å². The van der Waals surface area contributed by atoms with E-state index in [-0.39, 0.29) is 12.4 Å². The molecule has 1 aromatic rings. The Bertz CT molecular complexity index is 495. The molecule has 1 unspecified atom stereocenters. The quantitative estimate of drug-likeness (QED) is 0.790. The number of alkyl halides is 4. The highest BCUT2D eigenvalue weighted by Gasteiger charge is 2.37. The van der Waals surface area contributed by atoms with Crippen LogP contribution in [-0.2, 0) is 4.79 Å². The molecule has 2 nitrogen and oxygen atoms in total. The molecule has 0 N–H and O–H groups in total. The van der Waals surface area contributed by atoms with Crippen LogP contribution in [-0.4, -0.2) is 41.7 Å². The van der Waals surface area contributed by atoms with Gasteiger partial charge in [0.25, 0.3) is 0 Å². The molecular weight excluding hydrogens is 311 g/mol. The predicted molar refractivity (Wildman–Crippen MR) is 73.3 cm³/mol. The fourth-order valence-corrected chi connectivity index (χ4v) is 3.60. The van der Waals surface area contributed by atoms with Gasteiger partial charge in [0.15, 0.2) is 0 Å². The molecule has 0 saturated carbocycles. The molecule has 0 saturated heterocycles. The molecule has 0 radical (unpaired) electrons. The van der Waals surface area contributed by atoms with E-state index < -0.39 is 24.5 Å². The van der Waals surface area contributed by atoms with Crippen molar-refractivity contribution >= 4 is 29.3 Å². The van der Waals surface area contributed by atoms with Crippen molar-refractivity contribution in [3.8, 4) is 0 Å². The van der Waals surface area contributed by atoms with Gasteiger partial charge in [-0.3, -0.25) is 4.79 Å². The number of fused-ring (bicyclic) bond motifs is 1. The van der Waals surface area contributed by atoms with E-state index in [2.05, 4.69) is 0 Å². The van der Waals surface area contributed by atoms with Gasteiger partial charge < -0.3 is 4.90 Å². The van der Waals surface area contributed by atoms with E-state index >= 15 is 0 Å². The highest BCUT2D eigenvalue weighted by Crippen LogP contribution is 2.40. The molecule has 1 aliphatic heterocycles. The Labute approximate surface area is 124 Å². The van der Waals surface area contributed by atoms with Crippen molar-refractivity contribution in [3.63, 3.8) is 0 Å². The van der Waals surface area contributed by atoms with Gasteiger partial charge in [-0.05, 0) is 11.6 Å². The molecule has 1 aliphatic rings. The molecule has 110 valence electrons. The van der Waals surface area contributed by atoms with Gasteiger partial charge in [0, 0.05) is 23.1 Å². The highest BCUT2D eigenvalue weighted by atomic mass is 35.5. The minimum Gasteiger partial charge on any atom is -0.332 e. The average Bonchev–Trinajstić information content (AvgIpc) is 2.79. The lowest BCUT2D eigenvalue weighted by atomic mass is 10.00. The maximum absolute atomic E-state index is 12.5. The van der Waals surface area contributed by atoms with Gasteiger partial charge in [-0.25, -0.2) is 0 Å². The zero-order valence-electron chi connectivity index (χ0n) is 10.5. The van der Waals surface area contributed by atoms with Crippen LogP contribution in [0.3, 0.4) is 0 Å². The van der Waals surface area contributed by atoms with E-state index in [4.69, 9.17) is 11.6 Å². The lowest BCUT2D eigenvalue weighted by Crippen LogP contribution is -2.42. The third-order valence-corrected chi connectivity index (χ3v) is 4.39. The normalized spacial score (nSPS) is 17.9. The van der Waals surface area contributed by atoms with E-state index in [0.29, 0.717) is 5.75 Å². The third kappa shape index (κ3) is 3.61. The van der Waals surface area contributed by atoms with E-state index in [1.165, 1.54) is 11.8 Å². The topological polar surface area (TPSA) is 20.3 Å². The van der Waals surface area contributed by atoms with Crippen LogP contribution in [0.1, 0.15) is 11.5 Å². The van der Waals surface area contributed by atoms with Crippen molar-refractivity contribution in [2.45, 2.75) is 17.0 Å². The SMILES string of the molecule is O=C(C1CSc2ccccc21)N(CCCl)CC(F)(F)F. The fourth-order valence-electron chi connectivity index (χ4n) is 2.17. The minimum absolute atomic E-state index is 0.0106. The second-order valence-electron chi connectivity index (χ2n) is 4.47. The molecule has 1 atom stereocenters. The van der Waals surface area contributed by atoms with Crippen LogP contribution in [0.2, 0.25) is 0 Å². The van der Waals surface area contributed by atoms with Crippen LogP contribution in [0.25, 0.3) is 0 Å². The summed E-state index contributed by atoms with van der Waals surface area (Å²) >= 11 is 7.01. The molecule has 1 aromatic carbocycles. The summed E-state index contributed by atoms with van der Waals surface area (Å²) in [6, 6.07) is 7.32. The summed E-state index contributed by atoms with van der Waals surface area (Å²) in [6.45, 7) is -1.34. The number of thioether (sulfide) groups is 1. The molecule has 0 fully saturated rings. The van der Waals surface area contributed by atoms with E-state index in [0.717, 1.165) is 15.4 Å². The molecule has 2 rings (SSSR count). The molecule has 7 heteroatoms. The molecule has 1 heterocycles. The summed E-state index contributed by atoms with van der Waals surface area (Å²) in [4.78, 5) is 14.1. The second kappa shape index (κ2) is 6.26. The van der Waals surface area contributed by atoms with Crippen molar-refractivity contribution in [1.82, 2.24) is 4.90 Å². The van der Waals surface area contributed by atoms with Crippen molar-refractivity contribution in [2.24, 2.45) is 0 Å². The first-order chi connectivity index (χ1) is 9.42. The number of benzene rings is 1. The molecule has 20 heavy (non-hydrogen) atoms. The standard InChI is InChI=1S/C13H13ClF3NOS/c14-5-6-18(8-13(15,16)17)12(19)10-7-20-11-4-2-1-3-9(10)11/h1-4,10H,5-8H2. The maximum atomic E-state index is 12.5. The van der Waals surface area contributed by atoms with E-state index in [1.807, 2.05) is 12.1 Å². The summed E-state index contributed by atoms with van der Waals surface area (Å²) in [6.07, 6.45) is -4.41. The van der Waals surface area contributed by atoms with Crippen LogP contribution < -0.4 is 0 Å². The molecular formula is C13H13ClF3NOS. The number of hydrogen-bond acceptors (Lipinski definition) is 2. The number of carbonyl (C=O) groups is 1. The number of hydrogen-bond donors (Lipinski definition) is 0. The van der Waals surface area contributed by atoms with Crippen molar-refractivity contribution in [3.05, 3.63) is 29.8 Å². The fraction of sp³-hybridized carbons (Fsp3) is 0.462. The molecule has 1 amide bonds. The summed E-state index contributed by atoms with van der Waals surface area (Å²) < 4.78 is 37.6. The third-order valence-electron chi connectivity index (χ3n) is 3.03. The first-order valence-electron chi connectivity index (χ1n) is 6.05. The first kappa shape index (κ1) is 15.5. The van der Waals surface area contributed by atoms with Crippen LogP contribution in [0.15, 0.2) is 29.2 Å². The Morgan fingerprint density at radius 3 is 2.75 bits per heavy atom. The first-order valence-corrected chi connectivity index (χ1v) is 7.57. The Hall–Kier alpha value is -0.880. The van der Waals surface area contributed by atoms with Gasteiger partial charge in [-0.2, -0.15) is 13.2 Å². The van der Waals surface area contributed by atoms with Gasteiger partial charge in [0.1, 0.15) is 6.54 Å². The lowest BCUT2D eigenvalue weighted by molar-refractivity contribution is -0.161. The molecule has 0 aromatic heterocycles. The number of carbonyl (C=O) groups excluding carboxylic acids is 1. The summed E-state index contributed by atoms with van der Waals surface area (Å²) in [5.41, 5.74) is 0.809. The Morgan fingerprint density at radius 2 is 2.10 bits per heavy atom. The second-order valence-corrected chi connectivity index (χ2v) is 5.91. The summed E-state index contributed by atoms with van der Waals surface area (Å²) in [7, 11) is 0. The average molecular weight is 324 g/mol. The van der Waals surface area contributed by atoms with Gasteiger partial charge in [-0.1, -0.05) is 18.2 Å². The summed E-state index contributed by atoms with van der Waals surface area (Å²) in [5, 5.41) is 0. The van der Waals surface area contributed by atoms with Crippen LogP contribution in [0, 0.1) is 0 Å². The number of nitrogens with zero attached hydrogens (tertiary/aromatic N) is 1. The molecule has 0 spiro atoms. The number of rotatable bonds is 4. The predicted octanol–water partition coefficient (Wildman–Crippen LogP) is 3.51. The number of halogens is 4. The maximum Gasteiger partial charge on any atom is 0.406 e. The highest BCUT2D eigenvalue weighted by molar-refractivity contribution is 7.99. The Balaban J connectivity index is 2.17. The molecule has 0 bridgehead atoms. The minimum atomic E-state index is -4.41. The summed E-state index contributed by atoms with van der Waals surface area (Å²) in [5.74, 6) is -0.541. The zero-order valence-corrected chi connectivity index (χ0v) is 12.1. The van der Waals surface area contributed by atoms with Gasteiger partial charge >= 0.3 is 6.18 Å². The Morgan fingerprint density at radius 1 is 1.40 bits per heavy atom. The largest absolute Gasteiger partial charge is 0.406 e. The van der Waals surface area contributed by atoms with Crippen LogP contribution in [0.4, 0.5) is 13.2 Å². The van der Waals surface area contributed by atoms with E-state index in [9.17, 15) is 18.0 Å². The smallest absolute Gasteiger partial charge is 0.332 e. The van der Waals surface area contributed by atoms with Gasteiger partial charge in [0.05, 0.1) is 5.92 Å². The van der Waals surface area contributed by atoms with Gasteiger partial charge in [-0.15, -0.1) is 23.4 Å². The lowest BCUT2D eigenvalue weighted by Gasteiger charge is -2.26. The Kier molecular flexibility index (Phi) is 4.86. The van der Waals surface area contributed by atoms with Crippen LogP contribution >= 0.6 is 23.4 Å². The molecule has 0 aliphatic carbocycles. The van der Waals surface area contributed by atoms with Crippen LogP contribution in [0.5, 0.6) is 0 Å². The monoisotopic (exact) mass is 323 g/mol. The van der Waals surface area contributed by atoms with Crippen molar-refractivity contribution < 1.29 is 18.0 Å². The van der Waals surface area contributed by atoms with Crippen molar-refractivity contribution in [2.75, 3.05) is 24.7 Å².